The van der Waals surface area contributed by atoms with Gasteiger partial charge in [-0.1, -0.05) is 25.1 Å². The number of carbonyl (C=O) groups excluding carboxylic acids is 3. The van der Waals surface area contributed by atoms with Crippen LogP contribution < -0.4 is 10.2 Å². The molecule has 1 aliphatic heterocycles. The molecule has 0 aliphatic carbocycles. The molecule has 1 aliphatic rings. The Labute approximate surface area is 170 Å². The number of amides is 3. The Bertz CT molecular complexity index is 1010. The quantitative estimate of drug-likeness (QED) is 0.620. The molecule has 3 amide bonds. The highest BCUT2D eigenvalue weighted by molar-refractivity contribution is 8.15. The minimum Gasteiger partial charge on any atom is -0.508 e. The lowest BCUT2D eigenvalue weighted by atomic mass is 10.1. The number of benzene rings is 2. The first-order valence-corrected chi connectivity index (χ1v) is 9.68. The van der Waals surface area contributed by atoms with E-state index in [9.17, 15) is 29.4 Å². The number of phenols is 1. The van der Waals surface area contributed by atoms with Gasteiger partial charge in [-0.3, -0.25) is 14.4 Å². The summed E-state index contributed by atoms with van der Waals surface area (Å²) < 4.78 is 0. The second-order valence-corrected chi connectivity index (χ2v) is 7.47. The number of rotatable bonds is 6. The monoisotopic (exact) mass is 414 g/mol. The van der Waals surface area contributed by atoms with Crippen LogP contribution in [-0.4, -0.2) is 38.5 Å². The van der Waals surface area contributed by atoms with Crippen LogP contribution in [-0.2, 0) is 16.0 Å². The van der Waals surface area contributed by atoms with E-state index in [1.165, 1.54) is 12.1 Å². The van der Waals surface area contributed by atoms with Gasteiger partial charge in [0.25, 0.3) is 5.24 Å². The lowest BCUT2D eigenvalue weighted by molar-refractivity contribution is -0.121. The molecule has 1 heterocycles. The Kier molecular flexibility index (Phi) is 5.88. The maximum absolute atomic E-state index is 12.8. The molecule has 2 aromatic rings. The number of phenolic OH excluding ortho intramolecular Hbond substituents is 1. The number of carboxylic acids is 1. The first-order chi connectivity index (χ1) is 13.8. The number of thioether (sulfide) groups is 1. The van der Waals surface area contributed by atoms with E-state index in [0.29, 0.717) is 12.1 Å². The van der Waals surface area contributed by atoms with Crippen molar-refractivity contribution in [2.45, 2.75) is 25.0 Å². The summed E-state index contributed by atoms with van der Waals surface area (Å²) in [6, 6.07) is 10.6. The summed E-state index contributed by atoms with van der Waals surface area (Å²) in [5, 5.41) is 19.7. The van der Waals surface area contributed by atoms with E-state index in [2.05, 4.69) is 5.32 Å². The van der Waals surface area contributed by atoms with Crippen molar-refractivity contribution in [1.82, 2.24) is 0 Å². The van der Waals surface area contributed by atoms with Gasteiger partial charge in [-0.25, -0.2) is 9.69 Å². The van der Waals surface area contributed by atoms with Crippen LogP contribution in [0.3, 0.4) is 0 Å². The number of aromatic carboxylic acids is 1. The number of nitrogens with zero attached hydrogens (tertiary/aromatic N) is 1. The van der Waals surface area contributed by atoms with Gasteiger partial charge in [0.05, 0.1) is 16.9 Å². The number of aryl methyl sites for hydroxylation is 1. The van der Waals surface area contributed by atoms with E-state index in [0.717, 1.165) is 28.3 Å². The smallest absolute Gasteiger partial charge is 0.337 e. The molecule has 8 nitrogen and oxygen atoms in total. The van der Waals surface area contributed by atoms with Crippen molar-refractivity contribution in [3.8, 4) is 5.75 Å². The van der Waals surface area contributed by atoms with Crippen LogP contribution in [0.4, 0.5) is 16.2 Å². The van der Waals surface area contributed by atoms with Crippen LogP contribution in [0.15, 0.2) is 42.5 Å². The average Bonchev–Trinajstić information content (AvgIpc) is 2.96. The first kappa shape index (κ1) is 20.4. The number of aromatic hydroxyl groups is 1. The number of hydrogen-bond donors (Lipinski definition) is 3. The molecule has 2 aromatic carbocycles. The van der Waals surface area contributed by atoms with Crippen LogP contribution in [0.2, 0.25) is 0 Å². The van der Waals surface area contributed by atoms with Gasteiger partial charge in [0.1, 0.15) is 11.0 Å². The fourth-order valence-corrected chi connectivity index (χ4v) is 4.00. The highest BCUT2D eigenvalue weighted by atomic mass is 32.2. The summed E-state index contributed by atoms with van der Waals surface area (Å²) in [5.74, 6) is -2.67. The van der Waals surface area contributed by atoms with E-state index in [1.54, 1.807) is 12.1 Å². The summed E-state index contributed by atoms with van der Waals surface area (Å²) >= 11 is 0.768. The van der Waals surface area contributed by atoms with Crippen LogP contribution >= 0.6 is 11.8 Å². The molecule has 0 spiro atoms. The number of anilines is 2. The van der Waals surface area contributed by atoms with Gasteiger partial charge >= 0.3 is 5.97 Å². The molecule has 3 rings (SSSR count). The lowest BCUT2D eigenvalue weighted by Crippen LogP contribution is -2.33. The number of carboxylic acid groups (broad SMARTS) is 1. The molecule has 1 fully saturated rings. The molecule has 0 bridgehead atoms. The summed E-state index contributed by atoms with van der Waals surface area (Å²) in [4.78, 5) is 49.9. The molecule has 0 radical (unpaired) electrons. The van der Waals surface area contributed by atoms with Crippen LogP contribution in [0, 0.1) is 0 Å². The Morgan fingerprint density at radius 2 is 1.90 bits per heavy atom. The highest BCUT2D eigenvalue weighted by Crippen LogP contribution is 2.35. The normalized spacial score (nSPS) is 16.2. The SMILES string of the molecule is CCc1ccccc1N1C(=O)SC(CC(=O)Nc2ccc(O)cc2C(=O)O)C1=O. The Morgan fingerprint density at radius 1 is 1.17 bits per heavy atom. The summed E-state index contributed by atoms with van der Waals surface area (Å²) in [7, 11) is 0. The van der Waals surface area contributed by atoms with Crippen LogP contribution in [0.25, 0.3) is 0 Å². The predicted molar refractivity (Wildman–Crippen MR) is 108 cm³/mol. The Morgan fingerprint density at radius 3 is 2.59 bits per heavy atom. The molecular formula is C20H18N2O6S. The van der Waals surface area contributed by atoms with Gasteiger partial charge in [-0.2, -0.15) is 0 Å². The van der Waals surface area contributed by atoms with Crippen molar-refractivity contribution in [1.29, 1.82) is 0 Å². The average molecular weight is 414 g/mol. The van der Waals surface area contributed by atoms with Crippen molar-refractivity contribution >= 4 is 46.2 Å². The summed E-state index contributed by atoms with van der Waals surface area (Å²) in [6.07, 6.45) is 0.349. The first-order valence-electron chi connectivity index (χ1n) is 8.80. The van der Waals surface area contributed by atoms with Crippen molar-refractivity contribution in [2.75, 3.05) is 10.2 Å². The molecule has 29 heavy (non-hydrogen) atoms. The van der Waals surface area contributed by atoms with E-state index in [4.69, 9.17) is 0 Å². The van der Waals surface area contributed by atoms with Gasteiger partial charge < -0.3 is 15.5 Å². The van der Waals surface area contributed by atoms with Gasteiger partial charge in [-0.05, 0) is 48.0 Å². The van der Waals surface area contributed by atoms with E-state index < -0.39 is 28.3 Å². The molecule has 150 valence electrons. The number of hydrogen-bond acceptors (Lipinski definition) is 6. The lowest BCUT2D eigenvalue weighted by Gasteiger charge is -2.17. The highest BCUT2D eigenvalue weighted by Gasteiger charge is 2.42. The molecule has 1 atom stereocenters. The van der Waals surface area contributed by atoms with Gasteiger partial charge in [0, 0.05) is 6.42 Å². The van der Waals surface area contributed by atoms with Crippen LogP contribution in [0.1, 0.15) is 29.3 Å². The number of imide groups is 1. The van der Waals surface area contributed by atoms with Crippen molar-refractivity contribution in [3.63, 3.8) is 0 Å². The number of nitrogens with one attached hydrogen (secondary N) is 1. The molecule has 1 unspecified atom stereocenters. The fraction of sp³-hybridized carbons (Fsp3) is 0.200. The zero-order chi connectivity index (χ0) is 21.1. The largest absolute Gasteiger partial charge is 0.508 e. The molecule has 9 heteroatoms. The zero-order valence-corrected chi connectivity index (χ0v) is 16.2. The summed E-state index contributed by atoms with van der Waals surface area (Å²) in [6.45, 7) is 1.92. The van der Waals surface area contributed by atoms with E-state index >= 15 is 0 Å². The van der Waals surface area contributed by atoms with Crippen molar-refractivity contribution in [3.05, 3.63) is 53.6 Å². The second-order valence-electron chi connectivity index (χ2n) is 6.32. The number of carbonyl (C=O) groups is 4. The fourth-order valence-electron chi connectivity index (χ4n) is 3.02. The minimum absolute atomic E-state index is 0.00439. The van der Waals surface area contributed by atoms with E-state index in [-0.39, 0.29) is 23.4 Å². The molecule has 3 N–H and O–H groups in total. The van der Waals surface area contributed by atoms with Gasteiger partial charge in [-0.15, -0.1) is 0 Å². The van der Waals surface area contributed by atoms with E-state index in [1.807, 2.05) is 19.1 Å². The molecular weight excluding hydrogens is 396 g/mol. The third-order valence-electron chi connectivity index (χ3n) is 4.41. The minimum atomic E-state index is -1.32. The second kappa shape index (κ2) is 8.36. The maximum atomic E-state index is 12.8. The van der Waals surface area contributed by atoms with Crippen LogP contribution in [0.5, 0.6) is 5.75 Å². The summed E-state index contributed by atoms with van der Waals surface area (Å²) in [5.41, 5.74) is 1.07. The zero-order valence-electron chi connectivity index (χ0n) is 15.4. The maximum Gasteiger partial charge on any atom is 0.337 e. The number of para-hydroxylation sites is 1. The molecule has 0 saturated carbocycles. The Balaban J connectivity index is 1.75. The third kappa shape index (κ3) is 4.24. The predicted octanol–water partition coefficient (Wildman–Crippen LogP) is 3.25. The molecule has 1 saturated heterocycles. The van der Waals surface area contributed by atoms with Crippen molar-refractivity contribution < 1.29 is 29.4 Å². The third-order valence-corrected chi connectivity index (χ3v) is 5.45. The van der Waals surface area contributed by atoms with Gasteiger partial charge in [0.15, 0.2) is 0 Å². The topological polar surface area (TPSA) is 124 Å². The van der Waals surface area contributed by atoms with Crippen molar-refractivity contribution in [2.24, 2.45) is 0 Å². The standard InChI is InChI=1S/C20H18N2O6S/c1-2-11-5-3-4-6-15(11)22-18(25)16(29-20(22)28)10-17(24)21-14-8-7-12(23)9-13(14)19(26)27/h3-9,16,23H,2,10H2,1H3,(H,21,24)(H,26,27). The molecule has 0 aromatic heterocycles. The van der Waals surface area contributed by atoms with Gasteiger partial charge in [0.2, 0.25) is 11.8 Å². The Hall–Kier alpha value is -3.33.